The number of nitrogens with one attached hydrogen (secondary N) is 3. The van der Waals surface area contributed by atoms with E-state index in [9.17, 15) is 4.79 Å². The van der Waals surface area contributed by atoms with Crippen molar-refractivity contribution in [1.29, 1.82) is 0 Å². The van der Waals surface area contributed by atoms with Gasteiger partial charge in [-0.2, -0.15) is 0 Å². The van der Waals surface area contributed by atoms with Gasteiger partial charge < -0.3 is 15.6 Å². The zero-order chi connectivity index (χ0) is 19.2. The predicted octanol–water partition coefficient (Wildman–Crippen LogP) is 3.70. The van der Waals surface area contributed by atoms with Crippen molar-refractivity contribution in [1.82, 2.24) is 20.3 Å². The minimum Gasteiger partial charge on any atom is -0.361 e. The van der Waals surface area contributed by atoms with Crippen LogP contribution in [0.3, 0.4) is 0 Å². The third-order valence-corrected chi connectivity index (χ3v) is 4.45. The quantitative estimate of drug-likeness (QED) is 0.568. The summed E-state index contributed by atoms with van der Waals surface area (Å²) in [6.45, 7) is 7.49. The zero-order valence-electron chi connectivity index (χ0n) is 16.2. The Bertz CT molecular complexity index is 916. The van der Waals surface area contributed by atoms with Crippen LogP contribution >= 0.6 is 0 Å². The van der Waals surface area contributed by atoms with Crippen molar-refractivity contribution in [2.45, 2.75) is 33.6 Å². The Morgan fingerprint density at radius 2 is 2.00 bits per heavy atom. The van der Waals surface area contributed by atoms with E-state index in [2.05, 4.69) is 51.6 Å². The summed E-state index contributed by atoms with van der Waals surface area (Å²) in [7, 11) is 0. The highest BCUT2D eigenvalue weighted by Crippen LogP contribution is 2.18. The monoisotopic (exact) mass is 365 g/mol. The molecule has 27 heavy (non-hydrogen) atoms. The number of rotatable bonds is 8. The maximum absolute atomic E-state index is 12.3. The summed E-state index contributed by atoms with van der Waals surface area (Å²) < 4.78 is 0. The first-order chi connectivity index (χ1) is 13.0. The van der Waals surface area contributed by atoms with Crippen molar-refractivity contribution in [3.05, 3.63) is 53.5 Å². The second-order valence-electron chi connectivity index (χ2n) is 7.19. The molecule has 6 nitrogen and oxygen atoms in total. The van der Waals surface area contributed by atoms with Crippen LogP contribution in [0.15, 0.2) is 36.5 Å². The van der Waals surface area contributed by atoms with Gasteiger partial charge in [-0.05, 0) is 43.4 Å². The number of carbonyl (C=O) groups is 1. The highest BCUT2D eigenvalue weighted by molar-refractivity contribution is 5.92. The molecule has 3 aromatic rings. The van der Waals surface area contributed by atoms with Gasteiger partial charge in [0.2, 0.25) is 5.95 Å². The van der Waals surface area contributed by atoms with Gasteiger partial charge in [0, 0.05) is 35.9 Å². The van der Waals surface area contributed by atoms with E-state index in [0.717, 1.165) is 24.1 Å². The lowest BCUT2D eigenvalue weighted by molar-refractivity contribution is 0.0947. The molecule has 142 valence electrons. The minimum atomic E-state index is -0.152. The summed E-state index contributed by atoms with van der Waals surface area (Å²) in [4.78, 5) is 24.4. The van der Waals surface area contributed by atoms with Crippen LogP contribution in [0, 0.1) is 12.8 Å². The Morgan fingerprint density at radius 1 is 1.19 bits per heavy atom. The van der Waals surface area contributed by atoms with Crippen molar-refractivity contribution in [2.75, 3.05) is 18.4 Å². The lowest BCUT2D eigenvalue weighted by Crippen LogP contribution is -2.26. The molecule has 2 heterocycles. The predicted molar refractivity (Wildman–Crippen MR) is 109 cm³/mol. The molecule has 0 fully saturated rings. The number of para-hydroxylation sites is 1. The van der Waals surface area contributed by atoms with Crippen molar-refractivity contribution < 1.29 is 4.79 Å². The summed E-state index contributed by atoms with van der Waals surface area (Å²) >= 11 is 0. The van der Waals surface area contributed by atoms with Gasteiger partial charge in [0.1, 0.15) is 5.69 Å². The van der Waals surface area contributed by atoms with Gasteiger partial charge in [0.05, 0.1) is 0 Å². The number of aromatic amines is 1. The van der Waals surface area contributed by atoms with Crippen LogP contribution in [0.1, 0.15) is 42.0 Å². The molecule has 0 radical (unpaired) electrons. The number of fused-ring (bicyclic) bond motifs is 1. The first-order valence-corrected chi connectivity index (χ1v) is 9.45. The Balaban J connectivity index is 1.60. The van der Waals surface area contributed by atoms with E-state index in [1.54, 1.807) is 6.07 Å². The first-order valence-electron chi connectivity index (χ1n) is 9.45. The van der Waals surface area contributed by atoms with Gasteiger partial charge >= 0.3 is 0 Å². The number of carbonyl (C=O) groups excluding carboxylic acids is 1. The van der Waals surface area contributed by atoms with Gasteiger partial charge in [-0.1, -0.05) is 32.0 Å². The summed E-state index contributed by atoms with van der Waals surface area (Å²) in [6.07, 6.45) is 3.83. The average molecular weight is 365 g/mol. The van der Waals surface area contributed by atoms with Crippen LogP contribution in [0.2, 0.25) is 0 Å². The minimum absolute atomic E-state index is 0.152. The number of aromatic nitrogens is 3. The second-order valence-corrected chi connectivity index (χ2v) is 7.19. The third kappa shape index (κ3) is 5.06. The number of anilines is 1. The van der Waals surface area contributed by atoms with Gasteiger partial charge in [-0.3, -0.25) is 4.79 Å². The highest BCUT2D eigenvalue weighted by Gasteiger charge is 2.11. The molecule has 0 bridgehead atoms. The maximum atomic E-state index is 12.3. The fourth-order valence-electron chi connectivity index (χ4n) is 2.98. The van der Waals surface area contributed by atoms with E-state index in [-0.39, 0.29) is 5.91 Å². The molecule has 0 unspecified atom stereocenters. The number of benzene rings is 1. The molecule has 2 aromatic heterocycles. The summed E-state index contributed by atoms with van der Waals surface area (Å²) in [5.41, 5.74) is 3.56. The van der Waals surface area contributed by atoms with Gasteiger partial charge in [-0.25, -0.2) is 9.97 Å². The molecule has 0 saturated carbocycles. The van der Waals surface area contributed by atoms with Gasteiger partial charge in [0.25, 0.3) is 5.91 Å². The molecule has 6 heteroatoms. The Labute approximate surface area is 159 Å². The molecular weight excluding hydrogens is 338 g/mol. The molecule has 3 rings (SSSR count). The number of amides is 1. The van der Waals surface area contributed by atoms with E-state index in [4.69, 9.17) is 0 Å². The number of nitrogens with zero attached hydrogens (tertiary/aromatic N) is 2. The smallest absolute Gasteiger partial charge is 0.270 e. The zero-order valence-corrected chi connectivity index (χ0v) is 16.2. The second kappa shape index (κ2) is 8.66. The van der Waals surface area contributed by atoms with E-state index < -0.39 is 0 Å². The molecular formula is C21H27N5O. The molecule has 0 saturated heterocycles. The standard InChI is InChI=1S/C21H27N5O/c1-14(2)8-10-22-20(27)19-12-15(3)25-21(26-19)23-11-9-16-13-24-18-7-5-4-6-17(16)18/h4-7,12-14,24H,8-11H2,1-3H3,(H,22,27)(H,23,25,26). The van der Waals surface area contributed by atoms with E-state index in [1.807, 2.05) is 25.3 Å². The van der Waals surface area contributed by atoms with Crippen molar-refractivity contribution in [3.8, 4) is 0 Å². The maximum Gasteiger partial charge on any atom is 0.270 e. The molecule has 0 aliphatic rings. The fourth-order valence-corrected chi connectivity index (χ4v) is 2.98. The number of hydrogen-bond acceptors (Lipinski definition) is 4. The lowest BCUT2D eigenvalue weighted by atomic mass is 10.1. The van der Waals surface area contributed by atoms with Crippen LogP contribution in [-0.2, 0) is 6.42 Å². The van der Waals surface area contributed by atoms with E-state index in [1.165, 1.54) is 10.9 Å². The first kappa shape index (κ1) is 18.9. The summed E-state index contributed by atoms with van der Waals surface area (Å²) in [5.74, 6) is 0.892. The fraction of sp³-hybridized carbons (Fsp3) is 0.381. The largest absolute Gasteiger partial charge is 0.361 e. The van der Waals surface area contributed by atoms with Crippen LogP contribution < -0.4 is 10.6 Å². The molecule has 3 N–H and O–H groups in total. The molecule has 1 amide bonds. The van der Waals surface area contributed by atoms with E-state index in [0.29, 0.717) is 30.6 Å². The van der Waals surface area contributed by atoms with Crippen LogP contribution in [0.4, 0.5) is 5.95 Å². The average Bonchev–Trinajstić information content (AvgIpc) is 3.04. The number of hydrogen-bond donors (Lipinski definition) is 3. The molecule has 0 atom stereocenters. The van der Waals surface area contributed by atoms with Gasteiger partial charge in [-0.15, -0.1) is 0 Å². The summed E-state index contributed by atoms with van der Waals surface area (Å²) in [5, 5.41) is 7.40. The molecule has 1 aromatic carbocycles. The number of aryl methyl sites for hydroxylation is 1. The molecule has 0 aliphatic carbocycles. The lowest BCUT2D eigenvalue weighted by Gasteiger charge is -2.09. The van der Waals surface area contributed by atoms with Crippen LogP contribution in [0.5, 0.6) is 0 Å². The summed E-state index contributed by atoms with van der Waals surface area (Å²) in [6, 6.07) is 9.97. The third-order valence-electron chi connectivity index (χ3n) is 4.45. The van der Waals surface area contributed by atoms with Crippen molar-refractivity contribution >= 4 is 22.8 Å². The Morgan fingerprint density at radius 3 is 2.81 bits per heavy atom. The van der Waals surface area contributed by atoms with Crippen LogP contribution in [0.25, 0.3) is 10.9 Å². The Kier molecular flexibility index (Phi) is 6.06. The Hall–Kier alpha value is -2.89. The van der Waals surface area contributed by atoms with Gasteiger partial charge in [0.15, 0.2) is 0 Å². The SMILES string of the molecule is Cc1cc(C(=O)NCCC(C)C)nc(NCCc2c[nH]c3ccccc23)n1. The molecule has 0 aliphatic heterocycles. The normalized spacial score (nSPS) is 11.1. The van der Waals surface area contributed by atoms with E-state index >= 15 is 0 Å². The van der Waals surface area contributed by atoms with Crippen molar-refractivity contribution in [3.63, 3.8) is 0 Å². The topological polar surface area (TPSA) is 82.7 Å². The molecule has 0 spiro atoms. The van der Waals surface area contributed by atoms with Crippen molar-refractivity contribution in [2.24, 2.45) is 5.92 Å². The highest BCUT2D eigenvalue weighted by atomic mass is 16.1. The number of H-pyrrole nitrogens is 1. The van der Waals surface area contributed by atoms with Crippen LogP contribution in [-0.4, -0.2) is 33.9 Å².